The lowest BCUT2D eigenvalue weighted by Gasteiger charge is -2.06. The van der Waals surface area contributed by atoms with Crippen LogP contribution in [0.4, 0.5) is 0 Å². The molecule has 0 aromatic rings. The molecule has 4 unspecified atom stereocenters. The lowest BCUT2D eigenvalue weighted by atomic mass is 10.1. The quantitative estimate of drug-likeness (QED) is 0.472. The average molecular weight is 124 g/mol. The van der Waals surface area contributed by atoms with E-state index in [1.807, 2.05) is 0 Å². The second kappa shape index (κ2) is 0.956. The van der Waals surface area contributed by atoms with Crippen LogP contribution in [0, 0.1) is 17.3 Å². The van der Waals surface area contributed by atoms with Crippen LogP contribution in [0.15, 0.2) is 0 Å². The molecular weight excluding hydrogens is 112 g/mol. The molecule has 50 valence electrons. The highest BCUT2D eigenvalue weighted by Gasteiger charge is 2.87. The lowest BCUT2D eigenvalue weighted by Crippen LogP contribution is -2.21. The third-order valence-electron chi connectivity index (χ3n) is 3.59. The molecule has 4 atom stereocenters. The summed E-state index contributed by atoms with van der Waals surface area (Å²) < 4.78 is 0. The first-order chi connectivity index (χ1) is 4.27. The minimum absolute atomic E-state index is 0.590. The fourth-order valence-corrected chi connectivity index (χ4v) is 2.95. The van der Waals surface area contributed by atoms with Crippen molar-refractivity contribution in [1.29, 1.82) is 0 Å². The van der Waals surface area contributed by atoms with Gasteiger partial charge in [0.1, 0.15) is 0 Å². The van der Waals surface area contributed by atoms with Gasteiger partial charge < -0.3 is 10.6 Å². The molecule has 3 fully saturated rings. The predicted octanol–water partition coefficient (Wildman–Crippen LogP) is -0.495. The summed E-state index contributed by atoms with van der Waals surface area (Å²) in [6.07, 6.45) is 0. The van der Waals surface area contributed by atoms with Gasteiger partial charge >= 0.3 is 0 Å². The van der Waals surface area contributed by atoms with E-state index in [0.29, 0.717) is 11.5 Å². The Morgan fingerprint density at radius 3 is 2.89 bits per heavy atom. The lowest BCUT2D eigenvalue weighted by molar-refractivity contribution is 0.371. The predicted molar refractivity (Wildman–Crippen MR) is 34.9 cm³/mol. The van der Waals surface area contributed by atoms with Gasteiger partial charge in [-0.2, -0.15) is 0 Å². The molecule has 2 N–H and O–H groups in total. The molecule has 1 aliphatic heterocycles. The molecule has 3 rings (SSSR count). The third kappa shape index (κ3) is 0.290. The smallest absolute Gasteiger partial charge is 0.0153 e. The Morgan fingerprint density at radius 2 is 2.44 bits per heavy atom. The van der Waals surface area contributed by atoms with Gasteiger partial charge in [0.2, 0.25) is 0 Å². The number of likely N-dealkylation sites (tertiary alicyclic amines) is 1. The van der Waals surface area contributed by atoms with Crippen molar-refractivity contribution in [2.45, 2.75) is 6.04 Å². The Bertz CT molecular complexity index is 180. The zero-order chi connectivity index (χ0) is 6.22. The molecule has 1 heterocycles. The molecule has 2 aliphatic carbocycles. The van der Waals surface area contributed by atoms with E-state index >= 15 is 0 Å². The zero-order valence-electron chi connectivity index (χ0n) is 5.67. The van der Waals surface area contributed by atoms with Gasteiger partial charge in [-0.05, 0) is 18.9 Å². The van der Waals surface area contributed by atoms with Gasteiger partial charge in [0.05, 0.1) is 0 Å². The fraction of sp³-hybridized carbons (Fsp3) is 1.00. The van der Waals surface area contributed by atoms with Crippen molar-refractivity contribution < 1.29 is 0 Å². The maximum Gasteiger partial charge on any atom is 0.0153 e. The monoisotopic (exact) mass is 124 g/mol. The molecule has 3 aliphatic rings. The van der Waals surface area contributed by atoms with E-state index in [4.69, 9.17) is 5.73 Å². The van der Waals surface area contributed by atoms with Crippen LogP contribution in [-0.2, 0) is 0 Å². The van der Waals surface area contributed by atoms with Crippen LogP contribution in [0.3, 0.4) is 0 Å². The van der Waals surface area contributed by atoms with Gasteiger partial charge in [-0.1, -0.05) is 0 Å². The summed E-state index contributed by atoms with van der Waals surface area (Å²) in [6, 6.07) is 0.590. The first kappa shape index (κ1) is 4.69. The van der Waals surface area contributed by atoms with Crippen molar-refractivity contribution >= 4 is 0 Å². The topological polar surface area (TPSA) is 29.3 Å². The van der Waals surface area contributed by atoms with Crippen LogP contribution >= 0.6 is 0 Å². The highest BCUT2D eigenvalue weighted by molar-refractivity contribution is 5.38. The van der Waals surface area contributed by atoms with Gasteiger partial charge in [-0.3, -0.25) is 0 Å². The summed E-state index contributed by atoms with van der Waals surface area (Å²) in [5.41, 5.74) is 6.49. The summed E-state index contributed by atoms with van der Waals surface area (Å²) >= 11 is 0. The van der Waals surface area contributed by atoms with Gasteiger partial charge in [-0.25, -0.2) is 0 Å². The second-order valence-corrected chi connectivity index (χ2v) is 3.97. The highest BCUT2D eigenvalue weighted by atomic mass is 15.2. The van der Waals surface area contributed by atoms with E-state index in [2.05, 4.69) is 11.9 Å². The van der Waals surface area contributed by atoms with Crippen LogP contribution < -0.4 is 5.73 Å². The molecule has 0 bridgehead atoms. The van der Waals surface area contributed by atoms with Crippen molar-refractivity contribution in [3.63, 3.8) is 0 Å². The number of hydrogen-bond donors (Lipinski definition) is 1. The van der Waals surface area contributed by atoms with E-state index in [9.17, 15) is 0 Å². The maximum absolute atomic E-state index is 5.83. The van der Waals surface area contributed by atoms with Crippen molar-refractivity contribution in [3.8, 4) is 0 Å². The number of fused-ring (bicyclic) bond motifs is 1. The highest BCUT2D eigenvalue weighted by Crippen LogP contribution is 2.81. The van der Waals surface area contributed by atoms with Crippen LogP contribution in [0.1, 0.15) is 0 Å². The molecule has 9 heavy (non-hydrogen) atoms. The Kier molecular flexibility index (Phi) is 0.498. The largest absolute Gasteiger partial charge is 0.327 e. The number of piperidine rings is 1. The number of rotatable bonds is 0. The van der Waals surface area contributed by atoms with Gasteiger partial charge in [0.25, 0.3) is 0 Å². The van der Waals surface area contributed by atoms with Gasteiger partial charge in [0.15, 0.2) is 0 Å². The minimum atomic E-state index is 0.590. The molecule has 2 nitrogen and oxygen atoms in total. The van der Waals surface area contributed by atoms with Crippen LogP contribution in [0.25, 0.3) is 0 Å². The standard InChI is InChI=1S/C7H12N2/c1-9-2-4-5-6(8)7(4,5)3-9/h4-6H,2-3,8H2,1H3. The van der Waals surface area contributed by atoms with Gasteiger partial charge in [-0.15, -0.1) is 0 Å². The molecule has 0 radical (unpaired) electrons. The number of nitrogens with zero attached hydrogens (tertiary/aromatic N) is 1. The Hall–Kier alpha value is -0.0800. The number of nitrogens with two attached hydrogens (primary N) is 1. The molecule has 0 amide bonds. The molecular formula is C7H12N2. The minimum Gasteiger partial charge on any atom is -0.327 e. The second-order valence-electron chi connectivity index (χ2n) is 3.97. The van der Waals surface area contributed by atoms with Crippen LogP contribution in [0.5, 0.6) is 0 Å². The van der Waals surface area contributed by atoms with Crippen molar-refractivity contribution in [2.24, 2.45) is 23.0 Å². The van der Waals surface area contributed by atoms with Gasteiger partial charge in [0, 0.05) is 24.5 Å². The van der Waals surface area contributed by atoms with Crippen molar-refractivity contribution in [3.05, 3.63) is 0 Å². The average Bonchev–Trinajstić information content (AvgIpc) is 2.54. The molecule has 1 spiro atoms. The summed E-state index contributed by atoms with van der Waals surface area (Å²) in [7, 11) is 2.20. The first-order valence-electron chi connectivity index (χ1n) is 3.71. The maximum atomic E-state index is 5.83. The zero-order valence-corrected chi connectivity index (χ0v) is 5.67. The summed E-state index contributed by atoms with van der Waals surface area (Å²) in [6.45, 7) is 2.60. The Morgan fingerprint density at radius 1 is 1.67 bits per heavy atom. The molecule has 0 aromatic heterocycles. The molecule has 2 saturated carbocycles. The van der Waals surface area contributed by atoms with Crippen LogP contribution in [0.2, 0.25) is 0 Å². The van der Waals surface area contributed by atoms with E-state index in [0.717, 1.165) is 11.8 Å². The summed E-state index contributed by atoms with van der Waals surface area (Å²) in [5, 5.41) is 0. The summed E-state index contributed by atoms with van der Waals surface area (Å²) in [5.74, 6) is 1.96. The SMILES string of the molecule is CN1CC2C3C(N)C23C1. The van der Waals surface area contributed by atoms with E-state index < -0.39 is 0 Å². The first-order valence-corrected chi connectivity index (χ1v) is 3.71. The van der Waals surface area contributed by atoms with E-state index in [1.54, 1.807) is 0 Å². The third-order valence-corrected chi connectivity index (χ3v) is 3.59. The van der Waals surface area contributed by atoms with E-state index in [1.165, 1.54) is 13.1 Å². The molecule has 2 heteroatoms. The number of hydrogen-bond acceptors (Lipinski definition) is 2. The summed E-state index contributed by atoms with van der Waals surface area (Å²) in [4.78, 5) is 2.41. The van der Waals surface area contributed by atoms with E-state index in [-0.39, 0.29) is 0 Å². The van der Waals surface area contributed by atoms with Crippen LogP contribution in [-0.4, -0.2) is 31.1 Å². The van der Waals surface area contributed by atoms with Crippen molar-refractivity contribution in [1.82, 2.24) is 4.90 Å². The molecule has 0 aromatic carbocycles. The molecule has 1 saturated heterocycles. The fourth-order valence-electron chi connectivity index (χ4n) is 2.95. The normalized spacial score (nSPS) is 69.3. The van der Waals surface area contributed by atoms with Crippen molar-refractivity contribution in [2.75, 3.05) is 20.1 Å². The Labute approximate surface area is 55.0 Å². The Balaban J connectivity index is 1.89.